The summed E-state index contributed by atoms with van der Waals surface area (Å²) in [4.78, 5) is 12.6. The monoisotopic (exact) mass is 408 g/mol. The molecule has 3 aromatic rings. The number of nitrogens with one attached hydrogen (secondary N) is 1. The van der Waals surface area contributed by atoms with Gasteiger partial charge in [-0.3, -0.25) is 9.36 Å². The maximum atomic E-state index is 12.6. The Balaban J connectivity index is 1.79. The molecule has 1 N–H and O–H groups in total. The number of ether oxygens (including phenoxy) is 2. The molecule has 0 saturated carbocycles. The molecule has 1 aromatic heterocycles. The molecule has 0 spiro atoms. The van der Waals surface area contributed by atoms with E-state index in [-0.39, 0.29) is 17.1 Å². The Morgan fingerprint density at radius 3 is 1.79 bits per heavy atom. The molecule has 152 valence electrons. The standard InChI is InChI=1S/C20H16F4N2O3/c1-12-10-14(25-13-2-6-16(7-3-13)28-19(21)22)11-18(27)26(12)15-4-8-17(9-5-15)29-20(23)24/h2-11,19-20,25H,1H3. The van der Waals surface area contributed by atoms with E-state index in [0.717, 1.165) is 0 Å². The lowest BCUT2D eigenvalue weighted by molar-refractivity contribution is -0.0505. The topological polar surface area (TPSA) is 52.5 Å². The lowest BCUT2D eigenvalue weighted by Crippen LogP contribution is -2.20. The summed E-state index contributed by atoms with van der Waals surface area (Å²) in [5.74, 6) is 0.0171. The average Bonchev–Trinajstić information content (AvgIpc) is 2.63. The molecule has 3 rings (SSSR count). The Bertz CT molecular complexity index is 1020. The third-order valence-electron chi connectivity index (χ3n) is 3.90. The minimum Gasteiger partial charge on any atom is -0.435 e. The van der Waals surface area contributed by atoms with Crippen LogP contribution in [0.5, 0.6) is 11.5 Å². The van der Waals surface area contributed by atoms with Crippen molar-refractivity contribution in [1.29, 1.82) is 0 Å². The van der Waals surface area contributed by atoms with Gasteiger partial charge in [-0.15, -0.1) is 0 Å². The lowest BCUT2D eigenvalue weighted by Gasteiger charge is -2.14. The van der Waals surface area contributed by atoms with E-state index in [1.807, 2.05) is 0 Å². The molecular formula is C20H16F4N2O3. The molecule has 0 fully saturated rings. The summed E-state index contributed by atoms with van der Waals surface area (Å²) >= 11 is 0. The number of aromatic nitrogens is 1. The van der Waals surface area contributed by atoms with Crippen LogP contribution in [0.3, 0.4) is 0 Å². The van der Waals surface area contributed by atoms with Gasteiger partial charge in [0.15, 0.2) is 0 Å². The second kappa shape index (κ2) is 8.68. The number of rotatable bonds is 7. The fourth-order valence-corrected chi connectivity index (χ4v) is 2.77. The zero-order valence-electron chi connectivity index (χ0n) is 15.1. The molecule has 0 saturated heterocycles. The first kappa shape index (κ1) is 20.2. The lowest BCUT2D eigenvalue weighted by atomic mass is 10.2. The van der Waals surface area contributed by atoms with Gasteiger partial charge in [-0.1, -0.05) is 0 Å². The maximum Gasteiger partial charge on any atom is 0.387 e. The van der Waals surface area contributed by atoms with Crippen LogP contribution < -0.4 is 20.3 Å². The van der Waals surface area contributed by atoms with Crippen molar-refractivity contribution in [3.8, 4) is 17.2 Å². The Morgan fingerprint density at radius 2 is 1.31 bits per heavy atom. The van der Waals surface area contributed by atoms with Crippen LogP contribution in [0.4, 0.5) is 28.9 Å². The van der Waals surface area contributed by atoms with Crippen molar-refractivity contribution in [2.45, 2.75) is 20.1 Å². The summed E-state index contributed by atoms with van der Waals surface area (Å²) in [5, 5.41) is 3.02. The highest BCUT2D eigenvalue weighted by Crippen LogP contribution is 2.22. The van der Waals surface area contributed by atoms with Crippen LogP contribution in [0.2, 0.25) is 0 Å². The SMILES string of the molecule is Cc1cc(Nc2ccc(OC(F)F)cc2)cc(=O)n1-c1ccc(OC(F)F)cc1. The Morgan fingerprint density at radius 1 is 0.793 bits per heavy atom. The highest BCUT2D eigenvalue weighted by molar-refractivity contribution is 5.60. The summed E-state index contributed by atoms with van der Waals surface area (Å²) < 4.78 is 58.9. The van der Waals surface area contributed by atoms with E-state index in [4.69, 9.17) is 0 Å². The van der Waals surface area contributed by atoms with Gasteiger partial charge in [0.25, 0.3) is 5.56 Å². The van der Waals surface area contributed by atoms with E-state index in [9.17, 15) is 22.4 Å². The Hall–Kier alpha value is -3.49. The predicted molar refractivity (Wildman–Crippen MR) is 99.8 cm³/mol. The van der Waals surface area contributed by atoms with Gasteiger partial charge in [0.05, 0.1) is 0 Å². The molecule has 5 nitrogen and oxygen atoms in total. The van der Waals surface area contributed by atoms with Gasteiger partial charge in [0, 0.05) is 28.8 Å². The van der Waals surface area contributed by atoms with Crippen molar-refractivity contribution in [2.75, 3.05) is 5.32 Å². The quantitative estimate of drug-likeness (QED) is 0.553. The Labute approximate surface area is 163 Å². The second-order valence-corrected chi connectivity index (χ2v) is 5.96. The molecule has 1 heterocycles. The molecule has 9 heteroatoms. The van der Waals surface area contributed by atoms with E-state index >= 15 is 0 Å². The summed E-state index contributed by atoms with van der Waals surface area (Å²) in [7, 11) is 0. The molecule has 0 aliphatic carbocycles. The van der Waals surface area contributed by atoms with Crippen molar-refractivity contribution in [3.05, 3.63) is 76.7 Å². The predicted octanol–water partition coefficient (Wildman–Crippen LogP) is 5.09. The molecule has 0 radical (unpaired) electrons. The van der Waals surface area contributed by atoms with Crippen molar-refractivity contribution in [1.82, 2.24) is 4.57 Å². The maximum absolute atomic E-state index is 12.6. The number of nitrogens with zero attached hydrogens (tertiary/aromatic N) is 1. The minimum atomic E-state index is -2.92. The molecule has 0 atom stereocenters. The van der Waals surface area contributed by atoms with Gasteiger partial charge in [0.1, 0.15) is 11.5 Å². The number of hydrogen-bond donors (Lipinski definition) is 1. The van der Waals surface area contributed by atoms with Crippen molar-refractivity contribution in [3.63, 3.8) is 0 Å². The molecule has 0 aliphatic heterocycles. The first-order valence-electron chi connectivity index (χ1n) is 8.42. The normalized spacial score (nSPS) is 11.0. The zero-order chi connectivity index (χ0) is 21.0. The van der Waals surface area contributed by atoms with Crippen LogP contribution >= 0.6 is 0 Å². The van der Waals surface area contributed by atoms with Crippen LogP contribution in [-0.4, -0.2) is 17.8 Å². The first-order chi connectivity index (χ1) is 13.8. The van der Waals surface area contributed by atoms with Gasteiger partial charge in [0.2, 0.25) is 0 Å². The number of alkyl halides is 4. The van der Waals surface area contributed by atoms with Crippen molar-refractivity contribution < 1.29 is 27.0 Å². The van der Waals surface area contributed by atoms with Gasteiger partial charge in [-0.25, -0.2) is 0 Å². The molecule has 0 aliphatic rings. The Kier molecular flexibility index (Phi) is 6.06. The highest BCUT2D eigenvalue weighted by Gasteiger charge is 2.09. The molecule has 0 amide bonds. The third kappa shape index (κ3) is 5.28. The van der Waals surface area contributed by atoms with Crippen LogP contribution in [0.1, 0.15) is 5.69 Å². The van der Waals surface area contributed by atoms with E-state index < -0.39 is 13.2 Å². The van der Waals surface area contributed by atoms with Gasteiger partial charge < -0.3 is 14.8 Å². The molecule has 0 unspecified atom stereocenters. The molecule has 0 bridgehead atoms. The van der Waals surface area contributed by atoms with E-state index in [0.29, 0.717) is 22.8 Å². The number of pyridine rings is 1. The van der Waals surface area contributed by atoms with Crippen molar-refractivity contribution >= 4 is 11.4 Å². The van der Waals surface area contributed by atoms with E-state index in [1.165, 1.54) is 47.0 Å². The number of anilines is 2. The number of halogens is 4. The van der Waals surface area contributed by atoms with Gasteiger partial charge in [-0.05, 0) is 61.5 Å². The third-order valence-corrected chi connectivity index (χ3v) is 3.90. The average molecular weight is 408 g/mol. The summed E-state index contributed by atoms with van der Waals surface area (Å²) in [6.07, 6.45) is 0. The van der Waals surface area contributed by atoms with Crippen molar-refractivity contribution in [2.24, 2.45) is 0 Å². The van der Waals surface area contributed by atoms with Gasteiger partial charge in [-0.2, -0.15) is 17.6 Å². The zero-order valence-corrected chi connectivity index (χ0v) is 15.1. The molecular weight excluding hydrogens is 392 g/mol. The van der Waals surface area contributed by atoms with Crippen LogP contribution in [-0.2, 0) is 0 Å². The minimum absolute atomic E-state index is 0.00740. The van der Waals surface area contributed by atoms with Crippen LogP contribution in [0, 0.1) is 6.92 Å². The number of aryl methyl sites for hydroxylation is 1. The smallest absolute Gasteiger partial charge is 0.387 e. The summed E-state index contributed by atoms with van der Waals surface area (Å²) in [5.41, 5.74) is 1.84. The van der Waals surface area contributed by atoms with E-state index in [1.54, 1.807) is 25.1 Å². The largest absolute Gasteiger partial charge is 0.435 e. The number of hydrogen-bond acceptors (Lipinski definition) is 4. The molecule has 29 heavy (non-hydrogen) atoms. The second-order valence-electron chi connectivity index (χ2n) is 5.96. The van der Waals surface area contributed by atoms with Crippen LogP contribution in [0.25, 0.3) is 5.69 Å². The van der Waals surface area contributed by atoms with Crippen LogP contribution in [0.15, 0.2) is 65.5 Å². The van der Waals surface area contributed by atoms with E-state index in [2.05, 4.69) is 14.8 Å². The number of benzene rings is 2. The molecule has 2 aromatic carbocycles. The fourth-order valence-electron chi connectivity index (χ4n) is 2.77. The fraction of sp³-hybridized carbons (Fsp3) is 0.150. The summed E-state index contributed by atoms with van der Waals surface area (Å²) in [6.45, 7) is -4.11. The first-order valence-corrected chi connectivity index (χ1v) is 8.42. The highest BCUT2D eigenvalue weighted by atomic mass is 19.3. The summed E-state index contributed by atoms with van der Waals surface area (Å²) in [6, 6.07) is 14.6. The van der Waals surface area contributed by atoms with Gasteiger partial charge >= 0.3 is 13.2 Å².